The highest BCUT2D eigenvalue weighted by molar-refractivity contribution is 4.91. The lowest BCUT2D eigenvalue weighted by molar-refractivity contribution is 0.848. The Kier molecular flexibility index (Phi) is 2.24. The molecule has 1 aliphatic heterocycles. The van der Waals surface area contributed by atoms with E-state index in [1.54, 1.807) is 0 Å². The van der Waals surface area contributed by atoms with Gasteiger partial charge in [0.2, 0.25) is 0 Å². The highest BCUT2D eigenvalue weighted by Gasteiger charge is 1.81. The predicted octanol–water partition coefficient (Wildman–Crippen LogP) is 1.79. The van der Waals surface area contributed by atoms with Crippen LogP contribution in [0.25, 0.3) is 0 Å². The number of nitrogens with one attached hydrogen (secondary N) is 1. The largest absolute Gasteiger partial charge is 0.368 e. The molecule has 0 unspecified atom stereocenters. The number of hydrogen-bond acceptors (Lipinski definition) is 1. The summed E-state index contributed by atoms with van der Waals surface area (Å²) in [6, 6.07) is 0. The second-order valence-corrected chi connectivity index (χ2v) is 1.90. The molecule has 1 rings (SSSR count). The lowest BCUT2D eigenvalue weighted by atomic mass is 10.2. The fourth-order valence-electron chi connectivity index (χ4n) is 0.712. The zero-order valence-electron chi connectivity index (χ0n) is 4.93. The average molecular weight is 109 g/mol. The second kappa shape index (κ2) is 3.30. The molecule has 8 heavy (non-hydrogen) atoms. The molecule has 0 atom stereocenters. The van der Waals surface area contributed by atoms with Crippen molar-refractivity contribution in [2.45, 2.75) is 19.3 Å². The molecule has 1 heterocycles. The third-order valence-corrected chi connectivity index (χ3v) is 1.17. The lowest BCUT2D eigenvalue weighted by Gasteiger charge is -1.95. The molecule has 0 saturated heterocycles. The van der Waals surface area contributed by atoms with Gasteiger partial charge in [-0.1, -0.05) is 12.2 Å². The Balaban J connectivity index is 2.31. The van der Waals surface area contributed by atoms with Gasteiger partial charge in [-0.25, -0.2) is 0 Å². The van der Waals surface area contributed by atoms with Crippen LogP contribution in [0.5, 0.6) is 0 Å². The van der Waals surface area contributed by atoms with Crippen molar-refractivity contribution in [3.63, 3.8) is 0 Å². The molecule has 1 aliphatic rings. The van der Waals surface area contributed by atoms with Gasteiger partial charge in [0.15, 0.2) is 0 Å². The van der Waals surface area contributed by atoms with Crippen molar-refractivity contribution in [3.05, 3.63) is 24.6 Å². The monoisotopic (exact) mass is 109 g/mol. The van der Waals surface area contributed by atoms with Crippen molar-refractivity contribution in [2.75, 3.05) is 0 Å². The zero-order chi connectivity index (χ0) is 5.66. The molecule has 0 aromatic carbocycles. The molecule has 0 amide bonds. The van der Waals surface area contributed by atoms with Crippen molar-refractivity contribution >= 4 is 0 Å². The molecule has 1 heteroatoms. The maximum atomic E-state index is 3.03. The normalized spacial score (nSPS) is 27.0. The van der Waals surface area contributed by atoms with Gasteiger partial charge in [-0.05, 0) is 31.7 Å². The standard InChI is InChI=1S/C7H11N/c1-2-4-6-8-7-5-3-1/h4-8H,1-3H2/b6-4-,7-5-. The van der Waals surface area contributed by atoms with E-state index in [4.69, 9.17) is 0 Å². The summed E-state index contributed by atoms with van der Waals surface area (Å²) < 4.78 is 0. The molecule has 0 aromatic heterocycles. The summed E-state index contributed by atoms with van der Waals surface area (Å²) in [7, 11) is 0. The Morgan fingerprint density at radius 1 is 1.00 bits per heavy atom. The Morgan fingerprint density at radius 3 is 2.25 bits per heavy atom. The average Bonchev–Trinajstić information content (AvgIpc) is 1.62. The summed E-state index contributed by atoms with van der Waals surface area (Å²) in [4.78, 5) is 0. The van der Waals surface area contributed by atoms with Gasteiger partial charge in [-0.15, -0.1) is 0 Å². The highest BCUT2D eigenvalue weighted by Crippen LogP contribution is 1.98. The van der Waals surface area contributed by atoms with Gasteiger partial charge in [-0.3, -0.25) is 0 Å². The van der Waals surface area contributed by atoms with Crippen molar-refractivity contribution < 1.29 is 0 Å². The van der Waals surface area contributed by atoms with Gasteiger partial charge in [0.25, 0.3) is 0 Å². The van der Waals surface area contributed by atoms with E-state index in [-0.39, 0.29) is 0 Å². The van der Waals surface area contributed by atoms with Gasteiger partial charge in [-0.2, -0.15) is 0 Å². The van der Waals surface area contributed by atoms with Crippen LogP contribution < -0.4 is 5.32 Å². The van der Waals surface area contributed by atoms with Gasteiger partial charge < -0.3 is 5.32 Å². The van der Waals surface area contributed by atoms with E-state index in [9.17, 15) is 0 Å². The SMILES string of the molecule is C1=C\N/C=C\CCC/1. The fourth-order valence-corrected chi connectivity index (χ4v) is 0.712. The van der Waals surface area contributed by atoms with Crippen LogP contribution in [0.4, 0.5) is 0 Å². The van der Waals surface area contributed by atoms with E-state index in [1.165, 1.54) is 19.3 Å². The molecule has 0 saturated carbocycles. The van der Waals surface area contributed by atoms with Crippen LogP contribution in [0.1, 0.15) is 19.3 Å². The minimum Gasteiger partial charge on any atom is -0.368 e. The Morgan fingerprint density at radius 2 is 1.62 bits per heavy atom. The van der Waals surface area contributed by atoms with E-state index < -0.39 is 0 Å². The van der Waals surface area contributed by atoms with Crippen LogP contribution in [0.15, 0.2) is 24.6 Å². The first-order valence-electron chi connectivity index (χ1n) is 3.06. The van der Waals surface area contributed by atoms with Gasteiger partial charge in [0, 0.05) is 0 Å². The Labute approximate surface area is 50.1 Å². The van der Waals surface area contributed by atoms with Crippen LogP contribution in [0.3, 0.4) is 0 Å². The van der Waals surface area contributed by atoms with E-state index >= 15 is 0 Å². The minimum absolute atomic E-state index is 1.21. The van der Waals surface area contributed by atoms with Crippen molar-refractivity contribution in [2.24, 2.45) is 0 Å². The van der Waals surface area contributed by atoms with Crippen LogP contribution in [-0.2, 0) is 0 Å². The third kappa shape index (κ3) is 1.82. The van der Waals surface area contributed by atoms with Crippen LogP contribution in [0.2, 0.25) is 0 Å². The molecule has 1 nitrogen and oxygen atoms in total. The summed E-state index contributed by atoms with van der Waals surface area (Å²) >= 11 is 0. The molecule has 0 fully saturated rings. The number of rotatable bonds is 0. The first-order valence-corrected chi connectivity index (χ1v) is 3.06. The second-order valence-electron chi connectivity index (χ2n) is 1.90. The fraction of sp³-hybridized carbons (Fsp3) is 0.429. The van der Waals surface area contributed by atoms with E-state index in [1.807, 2.05) is 12.4 Å². The van der Waals surface area contributed by atoms with Crippen molar-refractivity contribution in [1.82, 2.24) is 5.32 Å². The maximum absolute atomic E-state index is 3.03. The maximum Gasteiger partial charge on any atom is -0.00358 e. The molecule has 0 aliphatic carbocycles. The number of hydrogen-bond donors (Lipinski definition) is 1. The van der Waals surface area contributed by atoms with Gasteiger partial charge >= 0.3 is 0 Å². The van der Waals surface area contributed by atoms with Crippen molar-refractivity contribution in [1.29, 1.82) is 0 Å². The predicted molar refractivity (Wildman–Crippen MR) is 35.3 cm³/mol. The van der Waals surface area contributed by atoms with Crippen molar-refractivity contribution in [3.8, 4) is 0 Å². The molecule has 1 N–H and O–H groups in total. The van der Waals surface area contributed by atoms with E-state index in [2.05, 4.69) is 17.5 Å². The third-order valence-electron chi connectivity index (χ3n) is 1.17. The molecular weight excluding hydrogens is 98.1 g/mol. The summed E-state index contributed by atoms with van der Waals surface area (Å²) in [5.41, 5.74) is 0. The van der Waals surface area contributed by atoms with E-state index in [0.717, 1.165) is 0 Å². The Bertz CT molecular complexity index is 91.0. The first kappa shape index (κ1) is 5.42. The quantitative estimate of drug-likeness (QED) is 0.500. The molecule has 0 bridgehead atoms. The highest BCUT2D eigenvalue weighted by atomic mass is 14.8. The zero-order valence-corrected chi connectivity index (χ0v) is 4.93. The van der Waals surface area contributed by atoms with Gasteiger partial charge in [0.1, 0.15) is 0 Å². The molecule has 44 valence electrons. The molecule has 0 spiro atoms. The lowest BCUT2D eigenvalue weighted by Crippen LogP contribution is -1.92. The van der Waals surface area contributed by atoms with Crippen LogP contribution in [-0.4, -0.2) is 0 Å². The minimum atomic E-state index is 1.21. The summed E-state index contributed by atoms with van der Waals surface area (Å²) in [6.45, 7) is 0. The first-order chi connectivity index (χ1) is 4.00. The summed E-state index contributed by atoms with van der Waals surface area (Å²) in [5.74, 6) is 0. The summed E-state index contributed by atoms with van der Waals surface area (Å²) in [6.07, 6.45) is 12.0. The topological polar surface area (TPSA) is 12.0 Å². The van der Waals surface area contributed by atoms with E-state index in [0.29, 0.717) is 0 Å². The van der Waals surface area contributed by atoms with Crippen LogP contribution in [0, 0.1) is 0 Å². The Hall–Kier alpha value is -0.720. The number of allylic oxidation sites excluding steroid dienone is 2. The smallest absolute Gasteiger partial charge is 0.00358 e. The molecule has 0 aromatic rings. The van der Waals surface area contributed by atoms with Gasteiger partial charge in [0.05, 0.1) is 0 Å². The molecular formula is C7H11N. The summed E-state index contributed by atoms with van der Waals surface area (Å²) in [5, 5.41) is 3.03. The van der Waals surface area contributed by atoms with Crippen LogP contribution >= 0.6 is 0 Å². The molecule has 0 radical (unpaired) electrons.